The second-order valence-corrected chi connectivity index (χ2v) is 4.85. The van der Waals surface area contributed by atoms with E-state index in [9.17, 15) is 4.79 Å². The summed E-state index contributed by atoms with van der Waals surface area (Å²) < 4.78 is 5.77. The van der Waals surface area contributed by atoms with E-state index in [0.717, 1.165) is 25.7 Å². The highest BCUT2D eigenvalue weighted by Gasteiger charge is 2.44. The van der Waals surface area contributed by atoms with Crippen LogP contribution in [0.5, 0.6) is 5.88 Å². The summed E-state index contributed by atoms with van der Waals surface area (Å²) in [5.41, 5.74) is 0. The van der Waals surface area contributed by atoms with Crippen LogP contribution in [-0.4, -0.2) is 44.5 Å². The second kappa shape index (κ2) is 4.44. The number of nitrogens with zero attached hydrogens (tertiary/aromatic N) is 3. The van der Waals surface area contributed by atoms with Crippen LogP contribution in [-0.2, 0) is 0 Å². The van der Waals surface area contributed by atoms with Gasteiger partial charge in [0.05, 0.1) is 0 Å². The van der Waals surface area contributed by atoms with Gasteiger partial charge in [-0.25, -0.2) is 4.79 Å². The number of carboxylic acid groups (broad SMARTS) is 1. The topological polar surface area (TPSA) is 75.5 Å². The summed E-state index contributed by atoms with van der Waals surface area (Å²) in [6.07, 6.45) is 4.23. The Kier molecular flexibility index (Phi) is 2.77. The zero-order valence-corrected chi connectivity index (χ0v) is 9.90. The Morgan fingerprint density at radius 3 is 2.67 bits per heavy atom. The fourth-order valence-electron chi connectivity index (χ4n) is 3.06. The second-order valence-electron chi connectivity index (χ2n) is 4.85. The zero-order valence-electron chi connectivity index (χ0n) is 9.90. The van der Waals surface area contributed by atoms with Crippen LogP contribution in [0.3, 0.4) is 0 Å². The van der Waals surface area contributed by atoms with Crippen LogP contribution in [0, 0.1) is 0 Å². The molecule has 2 fully saturated rings. The van der Waals surface area contributed by atoms with E-state index in [1.165, 1.54) is 0 Å². The number of rotatable bonds is 2. The lowest BCUT2D eigenvalue weighted by Crippen LogP contribution is -2.48. The molecule has 0 unspecified atom stereocenters. The normalized spacial score (nSPS) is 30.2. The van der Waals surface area contributed by atoms with Crippen molar-refractivity contribution >= 4 is 6.09 Å². The third-order valence-corrected chi connectivity index (χ3v) is 3.75. The smallest absolute Gasteiger partial charge is 0.407 e. The average molecular weight is 249 g/mol. The summed E-state index contributed by atoms with van der Waals surface area (Å²) in [4.78, 5) is 12.7. The number of carbonyl (C=O) groups is 1. The van der Waals surface area contributed by atoms with E-state index in [2.05, 4.69) is 10.2 Å². The number of aromatic nitrogens is 2. The van der Waals surface area contributed by atoms with Crippen LogP contribution >= 0.6 is 0 Å². The highest BCUT2D eigenvalue weighted by atomic mass is 16.5. The summed E-state index contributed by atoms with van der Waals surface area (Å²) in [5.74, 6) is 0.519. The molecule has 3 heterocycles. The van der Waals surface area contributed by atoms with Crippen molar-refractivity contribution in [2.24, 2.45) is 0 Å². The molecule has 18 heavy (non-hydrogen) atoms. The van der Waals surface area contributed by atoms with Crippen LogP contribution in [0.4, 0.5) is 4.79 Å². The molecule has 3 atom stereocenters. The Balaban J connectivity index is 1.67. The van der Waals surface area contributed by atoms with Crippen LogP contribution in [0.15, 0.2) is 18.3 Å². The molecule has 2 saturated heterocycles. The van der Waals surface area contributed by atoms with E-state index in [4.69, 9.17) is 9.84 Å². The molecule has 0 radical (unpaired) electrons. The molecule has 6 nitrogen and oxygen atoms in total. The number of fused-ring (bicyclic) bond motifs is 2. The molecule has 6 heteroatoms. The first kappa shape index (κ1) is 11.3. The summed E-state index contributed by atoms with van der Waals surface area (Å²) >= 11 is 0. The Labute approximate surface area is 105 Å². The van der Waals surface area contributed by atoms with Gasteiger partial charge in [-0.1, -0.05) is 0 Å². The highest BCUT2D eigenvalue weighted by molar-refractivity contribution is 5.66. The SMILES string of the molecule is O=C(O)N1[C@@H]2CC[C@H]1C[C@@H](Oc1cccnn1)C2. The van der Waals surface area contributed by atoms with Crippen molar-refractivity contribution in [3.8, 4) is 5.88 Å². The number of amides is 1. The standard InChI is InChI=1S/C12H15N3O3/c16-12(17)15-8-3-4-9(15)7-10(6-8)18-11-2-1-5-13-14-11/h1-2,5,8-10H,3-4,6-7H2,(H,16,17)/t8-,9+,10+. The summed E-state index contributed by atoms with van der Waals surface area (Å²) in [7, 11) is 0. The van der Waals surface area contributed by atoms with Crippen LogP contribution < -0.4 is 4.74 Å². The lowest BCUT2D eigenvalue weighted by Gasteiger charge is -2.36. The maximum Gasteiger partial charge on any atom is 0.407 e. The largest absolute Gasteiger partial charge is 0.473 e. The molecule has 1 aromatic rings. The Bertz CT molecular complexity index is 425. The van der Waals surface area contributed by atoms with Gasteiger partial charge in [-0.3, -0.25) is 0 Å². The Morgan fingerprint density at radius 1 is 1.39 bits per heavy atom. The number of ether oxygens (including phenoxy) is 1. The molecule has 3 rings (SSSR count). The van der Waals surface area contributed by atoms with E-state index in [1.807, 2.05) is 0 Å². The van der Waals surface area contributed by atoms with Crippen LogP contribution in [0.25, 0.3) is 0 Å². The molecule has 1 aromatic heterocycles. The summed E-state index contributed by atoms with van der Waals surface area (Å²) in [6, 6.07) is 3.76. The van der Waals surface area contributed by atoms with Crippen molar-refractivity contribution in [2.45, 2.75) is 43.9 Å². The van der Waals surface area contributed by atoms with Gasteiger partial charge in [0.15, 0.2) is 0 Å². The van der Waals surface area contributed by atoms with E-state index in [0.29, 0.717) is 5.88 Å². The van der Waals surface area contributed by atoms with Crippen LogP contribution in [0.2, 0.25) is 0 Å². The van der Waals surface area contributed by atoms with E-state index >= 15 is 0 Å². The predicted molar refractivity (Wildman–Crippen MR) is 62.4 cm³/mol. The molecule has 1 N–H and O–H groups in total. The molecule has 2 aliphatic heterocycles. The minimum absolute atomic E-state index is 0.0507. The molecule has 1 amide bonds. The van der Waals surface area contributed by atoms with Crippen molar-refractivity contribution in [3.05, 3.63) is 18.3 Å². The molecule has 2 bridgehead atoms. The molecule has 0 aromatic carbocycles. The van der Waals surface area contributed by atoms with E-state index in [1.54, 1.807) is 23.2 Å². The van der Waals surface area contributed by atoms with Gasteiger partial charge in [-0.2, -0.15) is 5.10 Å². The monoisotopic (exact) mass is 249 g/mol. The van der Waals surface area contributed by atoms with E-state index < -0.39 is 6.09 Å². The fraction of sp³-hybridized carbons (Fsp3) is 0.583. The Hall–Kier alpha value is -1.85. The predicted octanol–water partition coefficient (Wildman–Crippen LogP) is 1.53. The number of hydrogen-bond donors (Lipinski definition) is 1. The molecule has 0 spiro atoms. The van der Waals surface area contributed by atoms with Gasteiger partial charge in [-0.15, -0.1) is 5.10 Å². The average Bonchev–Trinajstić information content (AvgIpc) is 2.63. The van der Waals surface area contributed by atoms with Gasteiger partial charge in [0.2, 0.25) is 5.88 Å². The molecule has 0 aliphatic carbocycles. The molecule has 96 valence electrons. The Morgan fingerprint density at radius 2 is 2.11 bits per heavy atom. The lowest BCUT2D eigenvalue weighted by molar-refractivity contribution is 0.0472. The fourth-order valence-corrected chi connectivity index (χ4v) is 3.06. The van der Waals surface area contributed by atoms with Gasteiger partial charge < -0.3 is 14.7 Å². The third-order valence-electron chi connectivity index (χ3n) is 3.75. The van der Waals surface area contributed by atoms with Gasteiger partial charge in [0.25, 0.3) is 0 Å². The third kappa shape index (κ3) is 1.98. The number of hydrogen-bond acceptors (Lipinski definition) is 4. The first-order chi connectivity index (χ1) is 8.74. The zero-order chi connectivity index (χ0) is 12.5. The van der Waals surface area contributed by atoms with Gasteiger partial charge in [0, 0.05) is 37.2 Å². The minimum Gasteiger partial charge on any atom is -0.473 e. The minimum atomic E-state index is -0.805. The van der Waals surface area contributed by atoms with Gasteiger partial charge in [-0.05, 0) is 18.9 Å². The summed E-state index contributed by atoms with van der Waals surface area (Å²) in [6.45, 7) is 0. The maximum atomic E-state index is 11.1. The number of piperidine rings is 1. The lowest BCUT2D eigenvalue weighted by atomic mass is 10.0. The van der Waals surface area contributed by atoms with Crippen molar-refractivity contribution in [2.75, 3.05) is 0 Å². The van der Waals surface area contributed by atoms with Crippen molar-refractivity contribution in [3.63, 3.8) is 0 Å². The van der Waals surface area contributed by atoms with Gasteiger partial charge >= 0.3 is 6.09 Å². The van der Waals surface area contributed by atoms with Crippen molar-refractivity contribution < 1.29 is 14.6 Å². The van der Waals surface area contributed by atoms with Crippen molar-refractivity contribution in [1.82, 2.24) is 15.1 Å². The van der Waals surface area contributed by atoms with Gasteiger partial charge in [0.1, 0.15) is 6.10 Å². The first-order valence-electron chi connectivity index (χ1n) is 6.19. The van der Waals surface area contributed by atoms with E-state index in [-0.39, 0.29) is 18.2 Å². The highest BCUT2D eigenvalue weighted by Crippen LogP contribution is 2.36. The van der Waals surface area contributed by atoms with Crippen LogP contribution in [0.1, 0.15) is 25.7 Å². The molecular formula is C12H15N3O3. The molecule has 2 aliphatic rings. The van der Waals surface area contributed by atoms with Crippen molar-refractivity contribution in [1.29, 1.82) is 0 Å². The molecular weight excluding hydrogens is 234 g/mol. The summed E-state index contributed by atoms with van der Waals surface area (Å²) in [5, 5.41) is 16.8. The molecule has 0 saturated carbocycles. The maximum absolute atomic E-state index is 11.1. The quantitative estimate of drug-likeness (QED) is 0.860. The first-order valence-corrected chi connectivity index (χ1v) is 6.19.